The molecular formula is C22H19ClN2O2. The van der Waals surface area contributed by atoms with Crippen molar-refractivity contribution in [1.29, 1.82) is 0 Å². The van der Waals surface area contributed by atoms with Crippen molar-refractivity contribution in [2.75, 3.05) is 13.2 Å². The average Bonchev–Trinajstić information content (AvgIpc) is 3.03. The SMILES string of the molecule is O=C(Cc1ccccc1)NCCOc1ccc2c(c1)[nH]c1ccc(Cl)cc12. The molecule has 4 nitrogen and oxygen atoms in total. The number of H-pyrrole nitrogens is 1. The maximum atomic E-state index is 11.9. The fourth-order valence-electron chi connectivity index (χ4n) is 3.15. The molecule has 0 fully saturated rings. The largest absolute Gasteiger partial charge is 0.492 e. The van der Waals surface area contributed by atoms with Crippen LogP contribution in [-0.4, -0.2) is 24.0 Å². The Labute approximate surface area is 162 Å². The van der Waals surface area contributed by atoms with Crippen LogP contribution in [0.1, 0.15) is 5.56 Å². The summed E-state index contributed by atoms with van der Waals surface area (Å²) in [7, 11) is 0. The fourth-order valence-corrected chi connectivity index (χ4v) is 3.32. The van der Waals surface area contributed by atoms with E-state index in [2.05, 4.69) is 10.3 Å². The van der Waals surface area contributed by atoms with Crippen LogP contribution in [0.4, 0.5) is 0 Å². The first-order chi connectivity index (χ1) is 13.2. The highest BCUT2D eigenvalue weighted by molar-refractivity contribution is 6.31. The van der Waals surface area contributed by atoms with Gasteiger partial charge in [-0.2, -0.15) is 0 Å². The molecule has 0 aliphatic heterocycles. The predicted molar refractivity (Wildman–Crippen MR) is 109 cm³/mol. The monoisotopic (exact) mass is 378 g/mol. The van der Waals surface area contributed by atoms with Crippen LogP contribution in [0.3, 0.4) is 0 Å². The van der Waals surface area contributed by atoms with Crippen molar-refractivity contribution in [3.63, 3.8) is 0 Å². The van der Waals surface area contributed by atoms with Crippen molar-refractivity contribution < 1.29 is 9.53 Å². The van der Waals surface area contributed by atoms with Gasteiger partial charge < -0.3 is 15.0 Å². The second kappa shape index (κ2) is 7.72. The van der Waals surface area contributed by atoms with Crippen LogP contribution in [0.25, 0.3) is 21.8 Å². The van der Waals surface area contributed by atoms with Crippen molar-refractivity contribution in [1.82, 2.24) is 10.3 Å². The number of carbonyl (C=O) groups is 1. The van der Waals surface area contributed by atoms with Crippen LogP contribution in [0.5, 0.6) is 5.75 Å². The summed E-state index contributed by atoms with van der Waals surface area (Å²) in [5.74, 6) is 0.755. The summed E-state index contributed by atoms with van der Waals surface area (Å²) in [5.41, 5.74) is 3.04. The lowest BCUT2D eigenvalue weighted by Crippen LogP contribution is -2.29. The molecule has 136 valence electrons. The Morgan fingerprint density at radius 3 is 2.67 bits per heavy atom. The van der Waals surface area contributed by atoms with E-state index in [4.69, 9.17) is 16.3 Å². The van der Waals surface area contributed by atoms with E-state index in [0.717, 1.165) is 38.1 Å². The quantitative estimate of drug-likeness (QED) is 0.477. The van der Waals surface area contributed by atoms with Gasteiger partial charge in [-0.25, -0.2) is 0 Å². The van der Waals surface area contributed by atoms with Crippen LogP contribution in [0.15, 0.2) is 66.7 Å². The smallest absolute Gasteiger partial charge is 0.224 e. The Kier molecular flexibility index (Phi) is 4.99. The Morgan fingerprint density at radius 1 is 0.963 bits per heavy atom. The van der Waals surface area contributed by atoms with E-state index >= 15 is 0 Å². The van der Waals surface area contributed by atoms with Gasteiger partial charge in [0.25, 0.3) is 0 Å². The van der Waals surface area contributed by atoms with Crippen LogP contribution in [-0.2, 0) is 11.2 Å². The van der Waals surface area contributed by atoms with Gasteiger partial charge in [0.15, 0.2) is 0 Å². The molecule has 0 saturated heterocycles. The molecule has 5 heteroatoms. The number of aromatic amines is 1. The summed E-state index contributed by atoms with van der Waals surface area (Å²) in [4.78, 5) is 15.3. The zero-order valence-corrected chi connectivity index (χ0v) is 15.4. The van der Waals surface area contributed by atoms with E-state index in [-0.39, 0.29) is 5.91 Å². The Morgan fingerprint density at radius 2 is 1.81 bits per heavy atom. The zero-order chi connectivity index (χ0) is 18.6. The topological polar surface area (TPSA) is 54.1 Å². The number of carbonyl (C=O) groups excluding carboxylic acids is 1. The van der Waals surface area contributed by atoms with Crippen molar-refractivity contribution in [2.24, 2.45) is 0 Å². The van der Waals surface area contributed by atoms with Crippen molar-refractivity contribution in [2.45, 2.75) is 6.42 Å². The lowest BCUT2D eigenvalue weighted by atomic mass is 10.1. The molecular weight excluding hydrogens is 360 g/mol. The van der Waals surface area contributed by atoms with Crippen molar-refractivity contribution in [3.8, 4) is 5.75 Å². The lowest BCUT2D eigenvalue weighted by molar-refractivity contribution is -0.120. The Hall–Kier alpha value is -2.98. The molecule has 1 aromatic heterocycles. The zero-order valence-electron chi connectivity index (χ0n) is 14.7. The number of halogens is 1. The highest BCUT2D eigenvalue weighted by Gasteiger charge is 2.07. The molecule has 27 heavy (non-hydrogen) atoms. The number of hydrogen-bond donors (Lipinski definition) is 2. The molecule has 0 spiro atoms. The Balaban J connectivity index is 1.34. The number of hydrogen-bond acceptors (Lipinski definition) is 2. The highest BCUT2D eigenvalue weighted by Crippen LogP contribution is 2.30. The maximum Gasteiger partial charge on any atom is 0.224 e. The summed E-state index contributed by atoms with van der Waals surface area (Å²) in [5, 5.41) is 5.80. The molecule has 0 atom stereocenters. The second-order valence-electron chi connectivity index (χ2n) is 6.38. The molecule has 1 amide bonds. The third-order valence-corrected chi connectivity index (χ3v) is 4.67. The molecule has 0 aliphatic rings. The van der Waals surface area contributed by atoms with E-state index in [1.165, 1.54) is 0 Å². The number of benzene rings is 3. The Bertz CT molecular complexity index is 1090. The van der Waals surface area contributed by atoms with Crippen molar-refractivity contribution >= 4 is 39.3 Å². The van der Waals surface area contributed by atoms with E-state index in [9.17, 15) is 4.79 Å². The van der Waals surface area contributed by atoms with Crippen LogP contribution in [0.2, 0.25) is 5.02 Å². The lowest BCUT2D eigenvalue weighted by Gasteiger charge is -2.08. The predicted octanol–water partition coefficient (Wildman–Crippen LogP) is 4.71. The molecule has 0 unspecified atom stereocenters. The van der Waals surface area contributed by atoms with Gasteiger partial charge in [-0.05, 0) is 35.9 Å². The number of fused-ring (bicyclic) bond motifs is 3. The van der Waals surface area contributed by atoms with Gasteiger partial charge in [-0.3, -0.25) is 4.79 Å². The molecule has 0 aliphatic carbocycles. The molecule has 2 N–H and O–H groups in total. The summed E-state index contributed by atoms with van der Waals surface area (Å²) in [6, 6.07) is 21.4. The fraction of sp³-hybridized carbons (Fsp3) is 0.136. The maximum absolute atomic E-state index is 11.9. The van der Waals surface area contributed by atoms with Gasteiger partial charge in [-0.1, -0.05) is 41.9 Å². The van der Waals surface area contributed by atoms with Crippen LogP contribution >= 0.6 is 11.6 Å². The van der Waals surface area contributed by atoms with Gasteiger partial charge in [0, 0.05) is 27.4 Å². The molecule has 0 radical (unpaired) electrons. The molecule has 0 saturated carbocycles. The number of rotatable bonds is 6. The molecule has 0 bridgehead atoms. The van der Waals surface area contributed by atoms with Gasteiger partial charge in [0.2, 0.25) is 5.91 Å². The molecule has 4 aromatic rings. The van der Waals surface area contributed by atoms with Gasteiger partial charge in [0.1, 0.15) is 12.4 Å². The minimum absolute atomic E-state index is 0.00671. The summed E-state index contributed by atoms with van der Waals surface area (Å²) >= 11 is 6.10. The average molecular weight is 379 g/mol. The third-order valence-electron chi connectivity index (χ3n) is 4.43. The van der Waals surface area contributed by atoms with Gasteiger partial charge >= 0.3 is 0 Å². The molecule has 1 heterocycles. The normalized spacial score (nSPS) is 11.0. The number of ether oxygens (including phenoxy) is 1. The number of aromatic nitrogens is 1. The molecule has 4 rings (SSSR count). The van der Waals surface area contributed by atoms with E-state index in [1.54, 1.807) is 0 Å². The number of nitrogens with one attached hydrogen (secondary N) is 2. The summed E-state index contributed by atoms with van der Waals surface area (Å²) in [6.07, 6.45) is 0.379. The van der Waals surface area contributed by atoms with Crippen LogP contribution in [0, 0.1) is 0 Å². The van der Waals surface area contributed by atoms with Gasteiger partial charge in [0.05, 0.1) is 18.5 Å². The first kappa shape index (κ1) is 17.4. The highest BCUT2D eigenvalue weighted by atomic mass is 35.5. The van der Waals surface area contributed by atoms with E-state index < -0.39 is 0 Å². The minimum atomic E-state index is -0.00671. The summed E-state index contributed by atoms with van der Waals surface area (Å²) in [6.45, 7) is 0.879. The van der Waals surface area contributed by atoms with Gasteiger partial charge in [-0.15, -0.1) is 0 Å². The van der Waals surface area contributed by atoms with Crippen molar-refractivity contribution in [3.05, 3.63) is 77.3 Å². The minimum Gasteiger partial charge on any atom is -0.492 e. The second-order valence-corrected chi connectivity index (χ2v) is 6.82. The first-order valence-corrected chi connectivity index (χ1v) is 9.21. The number of amides is 1. The van der Waals surface area contributed by atoms with E-state index in [0.29, 0.717) is 19.6 Å². The summed E-state index contributed by atoms with van der Waals surface area (Å²) < 4.78 is 5.77. The first-order valence-electron chi connectivity index (χ1n) is 8.83. The standard InChI is InChI=1S/C22H19ClN2O2/c23-16-6-9-20-19(13-16)18-8-7-17(14-21(18)25-20)27-11-10-24-22(26)12-15-4-2-1-3-5-15/h1-9,13-14,25H,10-12H2,(H,24,26). The van der Waals surface area contributed by atoms with E-state index in [1.807, 2.05) is 66.7 Å². The third kappa shape index (κ3) is 4.07. The van der Waals surface area contributed by atoms with Crippen LogP contribution < -0.4 is 10.1 Å². The molecule has 3 aromatic carbocycles.